The molecule has 0 radical (unpaired) electrons. The summed E-state index contributed by atoms with van der Waals surface area (Å²) in [6.07, 6.45) is 4.87. The first kappa shape index (κ1) is 26.9. The van der Waals surface area contributed by atoms with Crippen molar-refractivity contribution in [2.24, 2.45) is 5.73 Å². The van der Waals surface area contributed by atoms with Gasteiger partial charge in [-0.15, -0.1) is 11.3 Å². The lowest BCUT2D eigenvalue weighted by atomic mass is 10.1. The highest BCUT2D eigenvalue weighted by molar-refractivity contribution is 7.90. The van der Waals surface area contributed by atoms with Crippen LogP contribution in [0.5, 0.6) is 0 Å². The first-order chi connectivity index (χ1) is 19.7. The fraction of sp³-hybridized carbons (Fsp3) is 0.172. The number of nitrogens with one attached hydrogen (secondary N) is 1. The normalized spacial score (nSPS) is 12.7. The van der Waals surface area contributed by atoms with Crippen LogP contribution in [0.25, 0.3) is 32.4 Å². The molecule has 3 N–H and O–H groups in total. The number of halogens is 1. The molecular weight excluding hydrogens is 561 g/mol. The van der Waals surface area contributed by atoms with Crippen LogP contribution in [0.1, 0.15) is 11.3 Å². The molecule has 12 heteroatoms. The van der Waals surface area contributed by atoms with Gasteiger partial charge in [0.05, 0.1) is 35.2 Å². The number of rotatable bonds is 9. The Morgan fingerprint density at radius 3 is 2.80 bits per heavy atom. The average molecular weight is 588 g/mol. The summed E-state index contributed by atoms with van der Waals surface area (Å²) in [7, 11) is -3.16. The lowest BCUT2D eigenvalue weighted by Crippen LogP contribution is -2.31. The molecule has 3 aromatic carbocycles. The van der Waals surface area contributed by atoms with E-state index < -0.39 is 15.9 Å². The van der Waals surface area contributed by atoms with Crippen LogP contribution >= 0.6 is 11.3 Å². The van der Waals surface area contributed by atoms with Gasteiger partial charge in [0.2, 0.25) is 0 Å². The summed E-state index contributed by atoms with van der Waals surface area (Å²) < 4.78 is 38.6. The highest BCUT2D eigenvalue weighted by Crippen LogP contribution is 2.31. The third-order valence-corrected chi connectivity index (χ3v) is 8.52. The van der Waals surface area contributed by atoms with E-state index in [0.717, 1.165) is 49.3 Å². The molecule has 41 heavy (non-hydrogen) atoms. The predicted molar refractivity (Wildman–Crippen MR) is 161 cm³/mol. The molecule has 6 aromatic rings. The number of thiazole rings is 1. The molecule has 9 nitrogen and oxygen atoms in total. The van der Waals surface area contributed by atoms with Gasteiger partial charge in [-0.3, -0.25) is 4.68 Å². The zero-order valence-electron chi connectivity index (χ0n) is 22.0. The van der Waals surface area contributed by atoms with Gasteiger partial charge in [-0.25, -0.2) is 27.8 Å². The second-order valence-electron chi connectivity index (χ2n) is 9.99. The molecule has 0 bridgehead atoms. The van der Waals surface area contributed by atoms with E-state index in [4.69, 9.17) is 10.7 Å². The summed E-state index contributed by atoms with van der Waals surface area (Å²) >= 11 is 1.48. The smallest absolute Gasteiger partial charge is 0.148 e. The molecule has 0 saturated carbocycles. The molecule has 0 spiro atoms. The van der Waals surface area contributed by atoms with Gasteiger partial charge in [0.25, 0.3) is 0 Å². The molecule has 0 saturated heterocycles. The standard InChI is InChI=1S/C29H26FN7O2S2/c1-41(38,39)16-22(31)12-24-15-40-29(36-24)19-5-7-26-25(11-19)28(33-17-32-26)35-23-6-8-27-20(10-23)13-34-37(27)14-18-3-2-4-21(30)9-18/h2-11,13,15,17,22H,12,14,16,31H2,1H3,(H,32,33,35). The van der Waals surface area contributed by atoms with Crippen LogP contribution in [-0.2, 0) is 22.8 Å². The van der Waals surface area contributed by atoms with Gasteiger partial charge in [0.15, 0.2) is 0 Å². The molecular formula is C29H26FN7O2S2. The number of sulfone groups is 1. The number of nitrogens with two attached hydrogens (primary N) is 1. The molecule has 3 heterocycles. The molecule has 3 aromatic heterocycles. The van der Waals surface area contributed by atoms with Gasteiger partial charge in [-0.2, -0.15) is 5.10 Å². The zero-order valence-corrected chi connectivity index (χ0v) is 23.7. The van der Waals surface area contributed by atoms with Crippen molar-refractivity contribution >= 4 is 54.5 Å². The fourth-order valence-electron chi connectivity index (χ4n) is 4.77. The maximum absolute atomic E-state index is 13.6. The van der Waals surface area contributed by atoms with Crippen LogP contribution in [0.2, 0.25) is 0 Å². The SMILES string of the molecule is CS(=O)(=O)CC(N)Cc1csc(-c2ccc3ncnc(Nc4ccc5c(cnn5Cc5cccc(F)c5)c4)c3c2)n1. The van der Waals surface area contributed by atoms with Gasteiger partial charge in [-0.05, 0) is 54.1 Å². The Kier molecular flexibility index (Phi) is 7.20. The van der Waals surface area contributed by atoms with Crippen LogP contribution in [0, 0.1) is 5.82 Å². The van der Waals surface area contributed by atoms with E-state index in [0.29, 0.717) is 18.8 Å². The van der Waals surface area contributed by atoms with Gasteiger partial charge in [0.1, 0.15) is 32.8 Å². The van der Waals surface area contributed by atoms with Crippen molar-refractivity contribution in [2.75, 3.05) is 17.3 Å². The summed E-state index contributed by atoms with van der Waals surface area (Å²) in [5.41, 5.74) is 11.1. The molecule has 0 amide bonds. The Hall–Kier alpha value is -4.26. The first-order valence-corrected chi connectivity index (χ1v) is 15.7. The van der Waals surface area contributed by atoms with Crippen molar-refractivity contribution in [3.8, 4) is 10.6 Å². The molecule has 208 valence electrons. The van der Waals surface area contributed by atoms with Gasteiger partial charge in [-0.1, -0.05) is 12.1 Å². The van der Waals surface area contributed by atoms with Crippen molar-refractivity contribution in [1.82, 2.24) is 24.7 Å². The molecule has 6 rings (SSSR count). The maximum atomic E-state index is 13.6. The Balaban J connectivity index is 1.24. The molecule has 0 aliphatic heterocycles. The lowest BCUT2D eigenvalue weighted by molar-refractivity contribution is 0.591. The Morgan fingerprint density at radius 2 is 1.98 bits per heavy atom. The number of hydrogen-bond acceptors (Lipinski definition) is 9. The number of aromatic nitrogens is 5. The summed E-state index contributed by atoms with van der Waals surface area (Å²) in [5.74, 6) is 0.298. The summed E-state index contributed by atoms with van der Waals surface area (Å²) in [6.45, 7) is 0.468. The third-order valence-electron chi connectivity index (χ3n) is 6.55. The van der Waals surface area contributed by atoms with E-state index >= 15 is 0 Å². The Morgan fingerprint density at radius 1 is 1.10 bits per heavy atom. The van der Waals surface area contributed by atoms with E-state index in [1.807, 2.05) is 52.5 Å². The van der Waals surface area contributed by atoms with E-state index in [1.54, 1.807) is 12.3 Å². The topological polar surface area (TPSA) is 129 Å². The van der Waals surface area contributed by atoms with E-state index in [2.05, 4.69) is 20.4 Å². The molecule has 0 aliphatic carbocycles. The van der Waals surface area contributed by atoms with Crippen LogP contribution in [-0.4, -0.2) is 51.2 Å². The number of fused-ring (bicyclic) bond motifs is 2. The second-order valence-corrected chi connectivity index (χ2v) is 13.0. The average Bonchev–Trinajstić information content (AvgIpc) is 3.54. The fourth-order valence-corrected chi connectivity index (χ4v) is 6.50. The molecule has 1 atom stereocenters. The van der Waals surface area contributed by atoms with Crippen molar-refractivity contribution in [3.05, 3.63) is 95.6 Å². The number of benzene rings is 3. The van der Waals surface area contributed by atoms with Gasteiger partial charge >= 0.3 is 0 Å². The third kappa shape index (κ3) is 6.24. The van der Waals surface area contributed by atoms with Crippen molar-refractivity contribution in [1.29, 1.82) is 0 Å². The first-order valence-electron chi connectivity index (χ1n) is 12.8. The molecule has 1 unspecified atom stereocenters. The number of anilines is 2. The largest absolute Gasteiger partial charge is 0.340 e. The lowest BCUT2D eigenvalue weighted by Gasteiger charge is -2.10. The van der Waals surface area contributed by atoms with Crippen LogP contribution in [0.4, 0.5) is 15.9 Å². The minimum atomic E-state index is -3.16. The summed E-state index contributed by atoms with van der Waals surface area (Å²) in [4.78, 5) is 13.6. The van der Waals surface area contributed by atoms with Crippen LogP contribution in [0.15, 0.2) is 78.6 Å². The minimum absolute atomic E-state index is 0.0816. The number of hydrogen-bond donors (Lipinski definition) is 2. The van der Waals surface area contributed by atoms with Gasteiger partial charge < -0.3 is 11.1 Å². The predicted octanol–water partition coefficient (Wildman–Crippen LogP) is 4.95. The highest BCUT2D eigenvalue weighted by atomic mass is 32.2. The van der Waals surface area contributed by atoms with Crippen LogP contribution < -0.4 is 11.1 Å². The monoisotopic (exact) mass is 587 g/mol. The Bertz CT molecular complexity index is 1990. The minimum Gasteiger partial charge on any atom is -0.340 e. The van der Waals surface area contributed by atoms with E-state index in [-0.39, 0.29) is 11.6 Å². The highest BCUT2D eigenvalue weighted by Gasteiger charge is 2.15. The summed E-state index contributed by atoms with van der Waals surface area (Å²) in [5, 5.41) is 12.4. The molecule has 0 fully saturated rings. The van der Waals surface area contributed by atoms with E-state index in [1.165, 1.54) is 36.1 Å². The molecule has 0 aliphatic rings. The quantitative estimate of drug-likeness (QED) is 0.243. The van der Waals surface area contributed by atoms with Crippen molar-refractivity contribution < 1.29 is 12.8 Å². The van der Waals surface area contributed by atoms with Crippen molar-refractivity contribution in [2.45, 2.75) is 19.0 Å². The van der Waals surface area contributed by atoms with Gasteiger partial charge in [0, 0.05) is 46.1 Å². The van der Waals surface area contributed by atoms with Crippen LogP contribution in [0.3, 0.4) is 0 Å². The Labute approximate surface area is 239 Å². The number of nitrogens with zero attached hydrogens (tertiary/aromatic N) is 5. The maximum Gasteiger partial charge on any atom is 0.148 e. The zero-order chi connectivity index (χ0) is 28.6. The second kappa shape index (κ2) is 11.0. The van der Waals surface area contributed by atoms with E-state index in [9.17, 15) is 12.8 Å². The summed E-state index contributed by atoms with van der Waals surface area (Å²) in [6, 6.07) is 17.8. The van der Waals surface area contributed by atoms with Crippen molar-refractivity contribution in [3.63, 3.8) is 0 Å².